The molecule has 2 aromatic carbocycles. The van der Waals surface area contributed by atoms with E-state index in [1.165, 1.54) is 26.4 Å². The zero-order valence-corrected chi connectivity index (χ0v) is 24.7. The van der Waals surface area contributed by atoms with Gasteiger partial charge in [-0.05, 0) is 44.5 Å². The monoisotopic (exact) mass is 632 g/mol. The van der Waals surface area contributed by atoms with Gasteiger partial charge in [0.2, 0.25) is 11.9 Å². The zero-order chi connectivity index (χ0) is 32.3. The number of halogens is 3. The van der Waals surface area contributed by atoms with Crippen molar-refractivity contribution >= 4 is 39.7 Å². The number of carbonyl (C=O) groups excluding carboxylic acids is 1. The van der Waals surface area contributed by atoms with E-state index in [4.69, 9.17) is 14.2 Å². The van der Waals surface area contributed by atoms with Crippen LogP contribution in [0.4, 0.5) is 25.1 Å². The zero-order valence-electron chi connectivity index (χ0n) is 24.7. The van der Waals surface area contributed by atoms with Crippen molar-refractivity contribution in [3.05, 3.63) is 40.3 Å². The SMILES string of the molecule is COc1cc2nc(Nc3nc4ccc(OCCN5CCCCC5CO)c(OC(=O)C(F)(F)F)c4c(=O)[nH]3)nc(C)c2cc1OC. The van der Waals surface area contributed by atoms with Crippen LogP contribution in [-0.4, -0.2) is 88.7 Å². The fourth-order valence-corrected chi connectivity index (χ4v) is 5.21. The quantitative estimate of drug-likeness (QED) is 0.172. The minimum Gasteiger partial charge on any atom is -0.493 e. The molecule has 240 valence electrons. The lowest BCUT2D eigenvalue weighted by Gasteiger charge is -2.34. The van der Waals surface area contributed by atoms with Gasteiger partial charge >= 0.3 is 12.1 Å². The van der Waals surface area contributed by atoms with Crippen molar-refractivity contribution in [3.63, 3.8) is 0 Å². The largest absolute Gasteiger partial charge is 0.493 e. The summed E-state index contributed by atoms with van der Waals surface area (Å²) < 4.78 is 60.7. The van der Waals surface area contributed by atoms with E-state index in [1.807, 2.05) is 4.90 Å². The van der Waals surface area contributed by atoms with Crippen LogP contribution >= 0.6 is 0 Å². The number of ether oxygens (including phenoxy) is 4. The minimum absolute atomic E-state index is 0.00113. The van der Waals surface area contributed by atoms with Crippen molar-refractivity contribution in [2.75, 3.05) is 45.8 Å². The molecular formula is C29H31F3N6O7. The summed E-state index contributed by atoms with van der Waals surface area (Å²) in [6, 6.07) is 5.96. The number of aliphatic hydroxyl groups excluding tert-OH is 1. The number of aromatic nitrogens is 4. The molecule has 2 aromatic heterocycles. The molecule has 0 spiro atoms. The lowest BCUT2D eigenvalue weighted by atomic mass is 10.0. The Bertz CT molecular complexity index is 1780. The fraction of sp³-hybridized carbons (Fsp3) is 0.414. The van der Waals surface area contributed by atoms with Crippen LogP contribution in [0.25, 0.3) is 21.8 Å². The third-order valence-corrected chi connectivity index (χ3v) is 7.43. The summed E-state index contributed by atoms with van der Waals surface area (Å²) in [5.41, 5.74) is 0.0884. The van der Waals surface area contributed by atoms with Crippen molar-refractivity contribution in [3.8, 4) is 23.0 Å². The number of likely N-dealkylation sites (tertiary alicyclic amines) is 1. The molecule has 5 rings (SSSR count). The van der Waals surface area contributed by atoms with Crippen LogP contribution < -0.4 is 29.8 Å². The van der Waals surface area contributed by atoms with Crippen LogP contribution in [0, 0.1) is 6.92 Å². The average Bonchev–Trinajstić information content (AvgIpc) is 3.00. The lowest BCUT2D eigenvalue weighted by molar-refractivity contribution is -0.189. The van der Waals surface area contributed by atoms with Gasteiger partial charge in [0.25, 0.3) is 5.56 Å². The number of carbonyl (C=O) groups is 1. The number of aliphatic hydroxyl groups is 1. The van der Waals surface area contributed by atoms with E-state index < -0.39 is 28.8 Å². The number of nitrogens with one attached hydrogen (secondary N) is 2. The van der Waals surface area contributed by atoms with Gasteiger partial charge in [-0.15, -0.1) is 0 Å². The van der Waals surface area contributed by atoms with E-state index in [-0.39, 0.29) is 42.4 Å². The van der Waals surface area contributed by atoms with Gasteiger partial charge in [-0.1, -0.05) is 6.42 Å². The number of aromatic amines is 1. The Balaban J connectivity index is 1.47. The molecule has 1 fully saturated rings. The minimum atomic E-state index is -5.33. The van der Waals surface area contributed by atoms with Crippen molar-refractivity contribution in [1.29, 1.82) is 0 Å². The van der Waals surface area contributed by atoms with Gasteiger partial charge in [-0.3, -0.25) is 20.0 Å². The second kappa shape index (κ2) is 13.1. The number of nitrogens with zero attached hydrogens (tertiary/aromatic N) is 4. The van der Waals surface area contributed by atoms with E-state index >= 15 is 0 Å². The molecule has 0 bridgehead atoms. The van der Waals surface area contributed by atoms with Crippen molar-refractivity contribution in [1.82, 2.24) is 24.8 Å². The number of H-pyrrole nitrogens is 1. The first kappa shape index (κ1) is 31.7. The molecule has 1 saturated heterocycles. The lowest BCUT2D eigenvalue weighted by Crippen LogP contribution is -2.43. The van der Waals surface area contributed by atoms with E-state index in [2.05, 4.69) is 30.0 Å². The van der Waals surface area contributed by atoms with Gasteiger partial charge in [0.1, 0.15) is 12.0 Å². The number of piperidine rings is 1. The summed E-state index contributed by atoms with van der Waals surface area (Å²) in [6.07, 6.45) is -2.61. The number of hydrogen-bond acceptors (Lipinski definition) is 12. The molecule has 13 nitrogen and oxygen atoms in total. The highest BCUT2D eigenvalue weighted by molar-refractivity contribution is 5.91. The molecule has 4 aromatic rings. The molecule has 0 radical (unpaired) electrons. The van der Waals surface area contributed by atoms with Crippen LogP contribution in [0.2, 0.25) is 0 Å². The maximum atomic E-state index is 13.3. The maximum Gasteiger partial charge on any atom is 0.491 e. The molecule has 16 heteroatoms. The number of aryl methyl sites for hydroxylation is 1. The highest BCUT2D eigenvalue weighted by Crippen LogP contribution is 2.36. The highest BCUT2D eigenvalue weighted by Gasteiger charge is 2.42. The van der Waals surface area contributed by atoms with E-state index in [0.29, 0.717) is 34.6 Å². The standard InChI is InChI=1S/C29H31F3N6O7/c1-15-17-12-21(42-2)22(43-3)13-19(17)35-27(33-15)37-28-34-18-7-8-20(44-11-10-38-9-5-4-6-16(38)14-39)24(23(18)25(40)36-28)45-26(41)29(30,31)32/h7-8,12-13,16,39H,4-6,9-11,14H2,1-3H3,(H2,33,34,35,36,37,40). The average molecular weight is 633 g/mol. The van der Waals surface area contributed by atoms with Crippen LogP contribution in [-0.2, 0) is 4.79 Å². The summed E-state index contributed by atoms with van der Waals surface area (Å²) in [4.78, 5) is 42.7. The molecule has 45 heavy (non-hydrogen) atoms. The van der Waals surface area contributed by atoms with Crippen molar-refractivity contribution < 1.29 is 42.0 Å². The third-order valence-electron chi connectivity index (χ3n) is 7.43. The first-order valence-electron chi connectivity index (χ1n) is 14.0. The molecule has 0 aliphatic carbocycles. The third kappa shape index (κ3) is 6.86. The summed E-state index contributed by atoms with van der Waals surface area (Å²) in [6.45, 7) is 2.80. The number of hydrogen-bond donors (Lipinski definition) is 3. The first-order valence-corrected chi connectivity index (χ1v) is 14.0. The Morgan fingerprint density at radius 1 is 1.09 bits per heavy atom. The van der Waals surface area contributed by atoms with Crippen LogP contribution in [0.5, 0.6) is 23.0 Å². The Hall–Kier alpha value is -4.70. The molecule has 3 N–H and O–H groups in total. The van der Waals surface area contributed by atoms with E-state index in [9.17, 15) is 27.9 Å². The number of esters is 1. The number of methoxy groups -OCH3 is 2. The van der Waals surface area contributed by atoms with Gasteiger partial charge in [0.05, 0.1) is 37.6 Å². The van der Waals surface area contributed by atoms with Gasteiger partial charge in [0.15, 0.2) is 23.0 Å². The summed E-state index contributed by atoms with van der Waals surface area (Å²) in [5, 5.41) is 12.7. The molecule has 1 aliphatic heterocycles. The van der Waals surface area contributed by atoms with Gasteiger partial charge in [0, 0.05) is 24.0 Å². The number of alkyl halides is 3. The molecule has 1 unspecified atom stereocenters. The Kier molecular flexibility index (Phi) is 9.24. The number of rotatable bonds is 10. The Morgan fingerprint density at radius 2 is 1.84 bits per heavy atom. The predicted molar refractivity (Wildman–Crippen MR) is 157 cm³/mol. The van der Waals surface area contributed by atoms with Gasteiger partial charge in [-0.2, -0.15) is 13.2 Å². The second-order valence-corrected chi connectivity index (χ2v) is 10.3. The van der Waals surface area contributed by atoms with E-state index in [0.717, 1.165) is 25.8 Å². The molecule has 1 aliphatic rings. The normalized spacial score (nSPS) is 15.7. The van der Waals surface area contributed by atoms with E-state index in [1.54, 1.807) is 19.1 Å². The molecule has 0 amide bonds. The second-order valence-electron chi connectivity index (χ2n) is 10.3. The summed E-state index contributed by atoms with van der Waals surface area (Å²) >= 11 is 0. The molecular weight excluding hydrogens is 601 g/mol. The number of anilines is 2. The van der Waals surface area contributed by atoms with Gasteiger partial charge < -0.3 is 24.1 Å². The molecule has 1 atom stereocenters. The highest BCUT2D eigenvalue weighted by atomic mass is 19.4. The molecule has 3 heterocycles. The smallest absolute Gasteiger partial charge is 0.491 e. The Morgan fingerprint density at radius 3 is 2.56 bits per heavy atom. The van der Waals surface area contributed by atoms with Crippen molar-refractivity contribution in [2.45, 2.75) is 38.4 Å². The van der Waals surface area contributed by atoms with Crippen LogP contribution in [0.3, 0.4) is 0 Å². The van der Waals surface area contributed by atoms with Crippen LogP contribution in [0.1, 0.15) is 25.0 Å². The van der Waals surface area contributed by atoms with Gasteiger partial charge in [-0.25, -0.2) is 19.7 Å². The molecule has 0 saturated carbocycles. The number of fused-ring (bicyclic) bond motifs is 2. The number of benzene rings is 2. The summed E-state index contributed by atoms with van der Waals surface area (Å²) in [7, 11) is 2.99. The van der Waals surface area contributed by atoms with Crippen LogP contribution in [0.15, 0.2) is 29.1 Å². The maximum absolute atomic E-state index is 13.3. The van der Waals surface area contributed by atoms with Crippen molar-refractivity contribution in [2.24, 2.45) is 0 Å². The Labute approximate surface area is 254 Å². The first-order chi connectivity index (χ1) is 21.5. The summed E-state index contributed by atoms with van der Waals surface area (Å²) in [5.74, 6) is -2.61. The topological polar surface area (TPSA) is 161 Å². The predicted octanol–water partition coefficient (Wildman–Crippen LogP) is 3.63. The fourth-order valence-electron chi connectivity index (χ4n) is 5.21.